The minimum absolute atomic E-state index is 0.000120. The Kier molecular flexibility index (Phi) is 7.00. The molecule has 0 saturated carbocycles. The number of nitrogens with zero attached hydrogens (tertiary/aromatic N) is 3. The second-order valence-electron chi connectivity index (χ2n) is 6.28. The van der Waals surface area contributed by atoms with E-state index in [1.807, 2.05) is 13.8 Å². The summed E-state index contributed by atoms with van der Waals surface area (Å²) in [6, 6.07) is 6.79. The van der Waals surface area contributed by atoms with E-state index in [0.717, 1.165) is 0 Å². The topological polar surface area (TPSA) is 81.2 Å². The summed E-state index contributed by atoms with van der Waals surface area (Å²) in [5.74, 6) is -0.975. The van der Waals surface area contributed by atoms with E-state index in [0.29, 0.717) is 51.3 Å². The van der Waals surface area contributed by atoms with E-state index < -0.39 is 5.97 Å². The Bertz CT molecular complexity index is 650. The molecule has 0 aromatic heterocycles. The van der Waals surface area contributed by atoms with Gasteiger partial charge in [0.05, 0.1) is 5.56 Å². The number of benzene rings is 1. The first-order valence-electron chi connectivity index (χ1n) is 9.10. The summed E-state index contributed by atoms with van der Waals surface area (Å²) < 4.78 is 0. The zero-order valence-corrected chi connectivity index (χ0v) is 15.5. The summed E-state index contributed by atoms with van der Waals surface area (Å²) in [6.45, 7) is 7.37. The van der Waals surface area contributed by atoms with E-state index in [4.69, 9.17) is 0 Å². The molecular formula is C19H27N3O4. The quantitative estimate of drug-likeness (QED) is 0.839. The number of aryl methyl sites for hydroxylation is 1. The number of rotatable bonds is 6. The number of carboxylic acid groups (broad SMARTS) is 1. The smallest absolute Gasteiger partial charge is 0.335 e. The fraction of sp³-hybridized carbons (Fsp3) is 0.526. The third kappa shape index (κ3) is 4.74. The zero-order valence-electron chi connectivity index (χ0n) is 15.5. The number of hydrogen-bond donors (Lipinski definition) is 1. The molecule has 1 N–H and O–H groups in total. The Morgan fingerprint density at radius 1 is 1.00 bits per heavy atom. The lowest BCUT2D eigenvalue weighted by Gasteiger charge is -2.37. The van der Waals surface area contributed by atoms with Gasteiger partial charge in [-0.1, -0.05) is 18.2 Å². The molecule has 1 aliphatic rings. The Hall–Kier alpha value is -2.57. The first-order valence-corrected chi connectivity index (χ1v) is 9.10. The van der Waals surface area contributed by atoms with Crippen LogP contribution in [0.25, 0.3) is 0 Å². The van der Waals surface area contributed by atoms with E-state index in [1.54, 1.807) is 39.0 Å². The van der Waals surface area contributed by atoms with Crippen LogP contribution in [-0.2, 0) is 11.2 Å². The van der Waals surface area contributed by atoms with E-state index in [-0.39, 0.29) is 23.9 Å². The Labute approximate surface area is 154 Å². The molecule has 0 atom stereocenters. The molecular weight excluding hydrogens is 334 g/mol. The van der Waals surface area contributed by atoms with Gasteiger partial charge in [0.1, 0.15) is 0 Å². The maximum absolute atomic E-state index is 12.4. The zero-order chi connectivity index (χ0) is 19.1. The van der Waals surface area contributed by atoms with Crippen molar-refractivity contribution in [1.82, 2.24) is 14.7 Å². The van der Waals surface area contributed by atoms with E-state index in [1.165, 1.54) is 0 Å². The van der Waals surface area contributed by atoms with Gasteiger partial charge < -0.3 is 19.8 Å². The molecule has 1 heterocycles. The average molecular weight is 361 g/mol. The molecule has 7 nitrogen and oxygen atoms in total. The van der Waals surface area contributed by atoms with E-state index in [9.17, 15) is 19.5 Å². The average Bonchev–Trinajstić information content (AvgIpc) is 2.67. The Morgan fingerprint density at radius 2 is 1.58 bits per heavy atom. The van der Waals surface area contributed by atoms with Crippen molar-refractivity contribution in [1.29, 1.82) is 0 Å². The lowest BCUT2D eigenvalue weighted by molar-refractivity contribution is -0.132. The van der Waals surface area contributed by atoms with Crippen LogP contribution >= 0.6 is 0 Å². The predicted molar refractivity (Wildman–Crippen MR) is 98.2 cm³/mol. The van der Waals surface area contributed by atoms with Crippen LogP contribution in [0, 0.1) is 0 Å². The first-order chi connectivity index (χ1) is 12.5. The Balaban J connectivity index is 1.86. The lowest BCUT2D eigenvalue weighted by Crippen LogP contribution is -2.54. The van der Waals surface area contributed by atoms with Crippen LogP contribution in [-0.4, -0.2) is 77.0 Å². The van der Waals surface area contributed by atoms with Crippen LogP contribution in [0.4, 0.5) is 4.79 Å². The number of urea groups is 1. The summed E-state index contributed by atoms with van der Waals surface area (Å²) in [4.78, 5) is 41.3. The monoisotopic (exact) mass is 361 g/mol. The molecule has 0 bridgehead atoms. The maximum atomic E-state index is 12.4. The summed E-state index contributed by atoms with van der Waals surface area (Å²) in [5.41, 5.74) is 0.915. The van der Waals surface area contributed by atoms with Crippen molar-refractivity contribution in [2.75, 3.05) is 39.3 Å². The molecule has 0 aliphatic carbocycles. The molecule has 1 fully saturated rings. The van der Waals surface area contributed by atoms with Crippen molar-refractivity contribution in [2.45, 2.75) is 26.7 Å². The van der Waals surface area contributed by atoms with Crippen LogP contribution in [0.2, 0.25) is 0 Å². The van der Waals surface area contributed by atoms with Crippen molar-refractivity contribution in [3.63, 3.8) is 0 Å². The Morgan fingerprint density at radius 3 is 2.15 bits per heavy atom. The van der Waals surface area contributed by atoms with Crippen molar-refractivity contribution in [3.8, 4) is 0 Å². The van der Waals surface area contributed by atoms with Crippen molar-refractivity contribution in [3.05, 3.63) is 35.4 Å². The third-order valence-corrected chi connectivity index (χ3v) is 4.79. The molecule has 1 aromatic rings. The second-order valence-corrected chi connectivity index (χ2v) is 6.28. The first kappa shape index (κ1) is 19.8. The fourth-order valence-corrected chi connectivity index (χ4v) is 3.19. The number of carbonyl (C=O) groups is 3. The van der Waals surface area contributed by atoms with Crippen LogP contribution < -0.4 is 0 Å². The number of aromatic carboxylic acids is 1. The summed E-state index contributed by atoms with van der Waals surface area (Å²) >= 11 is 0. The number of hydrogen-bond acceptors (Lipinski definition) is 3. The van der Waals surface area contributed by atoms with Gasteiger partial charge in [0.25, 0.3) is 0 Å². The molecule has 26 heavy (non-hydrogen) atoms. The highest BCUT2D eigenvalue weighted by Crippen LogP contribution is 2.13. The molecule has 2 rings (SSSR count). The molecule has 0 unspecified atom stereocenters. The van der Waals surface area contributed by atoms with Gasteiger partial charge in [0.15, 0.2) is 0 Å². The van der Waals surface area contributed by atoms with Gasteiger partial charge in [-0.2, -0.15) is 0 Å². The minimum atomic E-state index is -0.975. The lowest BCUT2D eigenvalue weighted by atomic mass is 10.0. The molecule has 1 aromatic carbocycles. The fourth-order valence-electron chi connectivity index (χ4n) is 3.19. The minimum Gasteiger partial charge on any atom is -0.478 e. The molecule has 3 amide bonds. The van der Waals surface area contributed by atoms with Gasteiger partial charge in [0.2, 0.25) is 5.91 Å². The van der Waals surface area contributed by atoms with E-state index in [2.05, 4.69) is 0 Å². The predicted octanol–water partition coefficient (Wildman–Crippen LogP) is 1.92. The molecule has 7 heteroatoms. The number of carbonyl (C=O) groups excluding carboxylic acids is 2. The summed E-state index contributed by atoms with van der Waals surface area (Å²) in [7, 11) is 0. The van der Waals surface area contributed by atoms with E-state index >= 15 is 0 Å². The van der Waals surface area contributed by atoms with Crippen LogP contribution in [0.15, 0.2) is 24.3 Å². The largest absolute Gasteiger partial charge is 0.478 e. The normalized spacial score (nSPS) is 14.2. The molecule has 1 aliphatic heterocycles. The van der Waals surface area contributed by atoms with Crippen LogP contribution in [0.3, 0.4) is 0 Å². The molecule has 0 radical (unpaired) electrons. The maximum Gasteiger partial charge on any atom is 0.335 e. The standard InChI is InChI=1S/C19H27N3O4/c1-3-20(4-2)19(26)22-13-11-21(12-14-22)17(23)10-9-15-7-5-6-8-16(15)18(24)25/h5-8H,3-4,9-14H2,1-2H3,(H,24,25). The van der Waals surface area contributed by atoms with Gasteiger partial charge in [-0.15, -0.1) is 0 Å². The van der Waals surface area contributed by atoms with Gasteiger partial charge in [-0.05, 0) is 31.9 Å². The highest BCUT2D eigenvalue weighted by atomic mass is 16.4. The van der Waals surface area contributed by atoms with Gasteiger partial charge in [0, 0.05) is 45.7 Å². The third-order valence-electron chi connectivity index (χ3n) is 4.79. The highest BCUT2D eigenvalue weighted by molar-refractivity contribution is 5.89. The number of carboxylic acids is 1. The summed E-state index contributed by atoms with van der Waals surface area (Å²) in [6.07, 6.45) is 0.675. The second kappa shape index (κ2) is 9.22. The highest BCUT2D eigenvalue weighted by Gasteiger charge is 2.26. The van der Waals surface area contributed by atoms with Crippen molar-refractivity contribution < 1.29 is 19.5 Å². The van der Waals surface area contributed by atoms with Crippen molar-refractivity contribution >= 4 is 17.9 Å². The SMILES string of the molecule is CCN(CC)C(=O)N1CCN(C(=O)CCc2ccccc2C(=O)O)CC1. The van der Waals surface area contributed by atoms with Crippen LogP contribution in [0.1, 0.15) is 36.2 Å². The van der Waals surface area contributed by atoms with Crippen molar-refractivity contribution in [2.24, 2.45) is 0 Å². The van der Waals surface area contributed by atoms with Gasteiger partial charge >= 0.3 is 12.0 Å². The number of amides is 3. The van der Waals surface area contributed by atoms with Crippen LogP contribution in [0.5, 0.6) is 0 Å². The molecule has 0 spiro atoms. The van der Waals surface area contributed by atoms with Gasteiger partial charge in [-0.25, -0.2) is 9.59 Å². The van der Waals surface area contributed by atoms with Gasteiger partial charge in [-0.3, -0.25) is 4.79 Å². The number of piperazine rings is 1. The molecule has 142 valence electrons. The molecule has 1 saturated heterocycles. The summed E-state index contributed by atoms with van der Waals surface area (Å²) in [5, 5.41) is 9.21.